The lowest BCUT2D eigenvalue weighted by molar-refractivity contribution is 0.521. The summed E-state index contributed by atoms with van der Waals surface area (Å²) in [6.07, 6.45) is 0. The lowest BCUT2D eigenvalue weighted by atomic mass is 10.3. The van der Waals surface area contributed by atoms with Crippen LogP contribution in [-0.2, 0) is 10.0 Å². The summed E-state index contributed by atoms with van der Waals surface area (Å²) in [5, 5.41) is 0.439. The van der Waals surface area contributed by atoms with Crippen molar-refractivity contribution in [3.05, 3.63) is 18.2 Å². The number of nitrogens with two attached hydrogens (primary N) is 1. The van der Waals surface area contributed by atoms with Crippen molar-refractivity contribution in [1.29, 1.82) is 0 Å². The summed E-state index contributed by atoms with van der Waals surface area (Å²) < 4.78 is 25.8. The number of fused-ring (bicyclic) bond motifs is 1. The number of sulfonamides is 1. The SMILES string of the molecule is CN(C)S(=O)(=O)c1ccc2sc(N)nc2c1. The van der Waals surface area contributed by atoms with Crippen molar-refractivity contribution in [3.63, 3.8) is 0 Å². The third kappa shape index (κ3) is 1.77. The van der Waals surface area contributed by atoms with Gasteiger partial charge in [0.05, 0.1) is 15.1 Å². The topological polar surface area (TPSA) is 76.3 Å². The number of hydrogen-bond acceptors (Lipinski definition) is 5. The van der Waals surface area contributed by atoms with Crippen molar-refractivity contribution in [3.8, 4) is 0 Å². The molecule has 0 unspecified atom stereocenters. The highest BCUT2D eigenvalue weighted by Crippen LogP contribution is 2.26. The molecule has 0 saturated heterocycles. The Hall–Kier alpha value is -1.18. The van der Waals surface area contributed by atoms with E-state index in [4.69, 9.17) is 5.73 Å². The van der Waals surface area contributed by atoms with Crippen molar-refractivity contribution in [2.45, 2.75) is 4.90 Å². The Balaban J connectivity index is 2.63. The average Bonchev–Trinajstić information content (AvgIpc) is 2.56. The number of benzene rings is 1. The van der Waals surface area contributed by atoms with Gasteiger partial charge in [0, 0.05) is 14.1 Å². The van der Waals surface area contributed by atoms with Crippen LogP contribution in [0.25, 0.3) is 10.2 Å². The minimum absolute atomic E-state index is 0.232. The summed E-state index contributed by atoms with van der Waals surface area (Å²) in [6, 6.07) is 4.83. The van der Waals surface area contributed by atoms with E-state index in [2.05, 4.69) is 4.98 Å². The Morgan fingerprint density at radius 1 is 1.38 bits per heavy atom. The molecule has 0 aliphatic carbocycles. The number of thiazole rings is 1. The van der Waals surface area contributed by atoms with Gasteiger partial charge in [-0.3, -0.25) is 0 Å². The summed E-state index contributed by atoms with van der Waals surface area (Å²) >= 11 is 1.34. The number of rotatable bonds is 2. The molecule has 0 spiro atoms. The molecule has 0 atom stereocenters. The van der Waals surface area contributed by atoms with Crippen LogP contribution in [0.2, 0.25) is 0 Å². The highest BCUT2D eigenvalue weighted by molar-refractivity contribution is 7.89. The van der Waals surface area contributed by atoms with Gasteiger partial charge >= 0.3 is 0 Å². The largest absolute Gasteiger partial charge is 0.375 e. The van der Waals surface area contributed by atoms with Crippen LogP contribution in [0.1, 0.15) is 0 Å². The van der Waals surface area contributed by atoms with Crippen LogP contribution in [0.3, 0.4) is 0 Å². The van der Waals surface area contributed by atoms with Crippen LogP contribution in [-0.4, -0.2) is 31.8 Å². The summed E-state index contributed by atoms with van der Waals surface area (Å²) in [5.41, 5.74) is 6.17. The maximum absolute atomic E-state index is 11.9. The van der Waals surface area contributed by atoms with E-state index in [-0.39, 0.29) is 4.90 Å². The van der Waals surface area contributed by atoms with Gasteiger partial charge in [0.1, 0.15) is 0 Å². The van der Waals surface area contributed by atoms with Crippen molar-refractivity contribution in [2.24, 2.45) is 0 Å². The van der Waals surface area contributed by atoms with Crippen LogP contribution in [0.5, 0.6) is 0 Å². The van der Waals surface area contributed by atoms with Crippen LogP contribution in [0.15, 0.2) is 23.1 Å². The minimum Gasteiger partial charge on any atom is -0.375 e. The Bertz CT molecular complexity index is 631. The van der Waals surface area contributed by atoms with Gasteiger partial charge in [0.15, 0.2) is 5.13 Å². The second-order valence-electron chi connectivity index (χ2n) is 3.47. The highest BCUT2D eigenvalue weighted by atomic mass is 32.2. The molecular weight excluding hydrogens is 246 g/mol. The van der Waals surface area contributed by atoms with Gasteiger partial charge in [-0.05, 0) is 18.2 Å². The maximum atomic E-state index is 11.9. The first kappa shape index (κ1) is 11.3. The molecular formula is C9H11N3O2S2. The molecule has 2 rings (SSSR count). The van der Waals surface area contributed by atoms with Crippen LogP contribution in [0, 0.1) is 0 Å². The lowest BCUT2D eigenvalue weighted by Gasteiger charge is -2.10. The third-order valence-corrected chi connectivity index (χ3v) is 4.83. The van der Waals surface area contributed by atoms with E-state index in [0.29, 0.717) is 10.6 Å². The number of aromatic nitrogens is 1. The second-order valence-corrected chi connectivity index (χ2v) is 6.68. The molecule has 0 fully saturated rings. The van der Waals surface area contributed by atoms with E-state index in [1.807, 2.05) is 0 Å². The van der Waals surface area contributed by atoms with Crippen LogP contribution < -0.4 is 5.73 Å². The molecule has 0 radical (unpaired) electrons. The zero-order valence-corrected chi connectivity index (χ0v) is 10.5. The lowest BCUT2D eigenvalue weighted by Crippen LogP contribution is -2.22. The van der Waals surface area contributed by atoms with E-state index < -0.39 is 10.0 Å². The third-order valence-electron chi connectivity index (χ3n) is 2.15. The first-order valence-electron chi connectivity index (χ1n) is 4.50. The molecule has 0 bridgehead atoms. The van der Waals surface area contributed by atoms with Crippen molar-refractivity contribution in [1.82, 2.24) is 9.29 Å². The van der Waals surface area contributed by atoms with Gasteiger partial charge in [0.25, 0.3) is 0 Å². The monoisotopic (exact) mass is 257 g/mol. The fourth-order valence-corrected chi connectivity index (χ4v) is 2.93. The standard InChI is InChI=1S/C9H11N3O2S2/c1-12(2)16(13,14)6-3-4-8-7(5-6)11-9(10)15-8/h3-5H,1-2H3,(H2,10,11). The first-order chi connectivity index (χ1) is 7.41. The Morgan fingerprint density at radius 3 is 2.69 bits per heavy atom. The molecule has 1 aromatic carbocycles. The van der Waals surface area contributed by atoms with Gasteiger partial charge in [-0.1, -0.05) is 11.3 Å². The molecule has 1 heterocycles. The van der Waals surface area contributed by atoms with Crippen LogP contribution in [0.4, 0.5) is 5.13 Å². The fourth-order valence-electron chi connectivity index (χ4n) is 1.30. The van der Waals surface area contributed by atoms with Gasteiger partial charge in [-0.25, -0.2) is 17.7 Å². The smallest absolute Gasteiger partial charge is 0.242 e. The molecule has 2 aromatic rings. The molecule has 16 heavy (non-hydrogen) atoms. The highest BCUT2D eigenvalue weighted by Gasteiger charge is 2.17. The van der Waals surface area contributed by atoms with E-state index in [0.717, 1.165) is 4.70 Å². The zero-order valence-electron chi connectivity index (χ0n) is 8.84. The number of nitrogen functional groups attached to an aromatic ring is 1. The molecule has 0 aliphatic heterocycles. The Labute approximate surface area is 97.6 Å². The summed E-state index contributed by atoms with van der Waals surface area (Å²) in [4.78, 5) is 4.29. The van der Waals surface area contributed by atoms with Crippen molar-refractivity contribution < 1.29 is 8.42 Å². The molecule has 7 heteroatoms. The number of nitrogens with zero attached hydrogens (tertiary/aromatic N) is 2. The second kappa shape index (κ2) is 3.69. The van der Waals surface area contributed by atoms with E-state index in [1.54, 1.807) is 12.1 Å². The normalized spacial score (nSPS) is 12.4. The van der Waals surface area contributed by atoms with Gasteiger partial charge in [-0.15, -0.1) is 0 Å². The van der Waals surface area contributed by atoms with Gasteiger partial charge in [0.2, 0.25) is 10.0 Å². The molecule has 2 N–H and O–H groups in total. The fraction of sp³-hybridized carbons (Fsp3) is 0.222. The van der Waals surface area contributed by atoms with E-state index >= 15 is 0 Å². The molecule has 0 amide bonds. The van der Waals surface area contributed by atoms with E-state index in [1.165, 1.54) is 35.8 Å². The summed E-state index contributed by atoms with van der Waals surface area (Å²) in [6.45, 7) is 0. The predicted molar refractivity (Wildman–Crippen MR) is 64.9 cm³/mol. The number of hydrogen-bond donors (Lipinski definition) is 1. The molecule has 5 nitrogen and oxygen atoms in total. The van der Waals surface area contributed by atoms with Gasteiger partial charge in [-0.2, -0.15) is 0 Å². The maximum Gasteiger partial charge on any atom is 0.242 e. The molecule has 1 aromatic heterocycles. The molecule has 86 valence electrons. The van der Waals surface area contributed by atoms with E-state index in [9.17, 15) is 8.42 Å². The van der Waals surface area contributed by atoms with Crippen molar-refractivity contribution >= 4 is 36.7 Å². The number of anilines is 1. The predicted octanol–water partition coefficient (Wildman–Crippen LogP) is 1.13. The Kier molecular flexibility index (Phi) is 2.61. The zero-order chi connectivity index (χ0) is 11.9. The average molecular weight is 257 g/mol. The summed E-state index contributed by atoms with van der Waals surface area (Å²) in [5.74, 6) is 0. The van der Waals surface area contributed by atoms with Crippen LogP contribution >= 0.6 is 11.3 Å². The molecule has 0 saturated carbocycles. The van der Waals surface area contributed by atoms with Crippen molar-refractivity contribution in [2.75, 3.05) is 19.8 Å². The quantitative estimate of drug-likeness (QED) is 0.875. The van der Waals surface area contributed by atoms with Gasteiger partial charge < -0.3 is 5.73 Å². The summed E-state index contributed by atoms with van der Waals surface area (Å²) in [7, 11) is -0.412. The molecule has 0 aliphatic rings. The Morgan fingerprint density at radius 2 is 2.06 bits per heavy atom. The first-order valence-corrected chi connectivity index (χ1v) is 6.75. The minimum atomic E-state index is -3.40.